The number of nitrogens with zero attached hydrogens (tertiary/aromatic N) is 3. The van der Waals surface area contributed by atoms with Gasteiger partial charge in [-0.15, -0.1) is 0 Å². The van der Waals surface area contributed by atoms with Crippen LogP contribution in [0.25, 0.3) is 0 Å². The maximum atomic E-state index is 12.6. The molecule has 0 amide bonds. The van der Waals surface area contributed by atoms with Gasteiger partial charge in [0, 0.05) is 19.2 Å². The van der Waals surface area contributed by atoms with Crippen molar-refractivity contribution in [1.82, 2.24) is 4.31 Å². The highest BCUT2D eigenvalue weighted by molar-refractivity contribution is 7.89. The number of sulfonamides is 1. The van der Waals surface area contributed by atoms with Gasteiger partial charge in [0.1, 0.15) is 11.4 Å². The number of hydrogen-bond acceptors (Lipinski definition) is 7. The quantitative estimate of drug-likeness (QED) is 0.225. The van der Waals surface area contributed by atoms with Crippen LogP contribution in [-0.2, 0) is 10.0 Å². The van der Waals surface area contributed by atoms with Crippen molar-refractivity contribution in [3.05, 3.63) is 58.1 Å². The molecule has 0 radical (unpaired) electrons. The highest BCUT2D eigenvalue weighted by Crippen LogP contribution is 2.29. The number of nitrogens with one attached hydrogen (secondary N) is 1. The fourth-order valence-electron chi connectivity index (χ4n) is 2.79. The summed E-state index contributed by atoms with van der Waals surface area (Å²) in [4.78, 5) is 10.7. The van der Waals surface area contributed by atoms with Crippen LogP contribution in [0, 0.1) is 10.1 Å². The molecule has 0 bridgehead atoms. The Morgan fingerprint density at radius 1 is 1.13 bits per heavy atom. The highest BCUT2D eigenvalue weighted by Gasteiger charge is 2.25. The van der Waals surface area contributed by atoms with Crippen molar-refractivity contribution in [3.63, 3.8) is 0 Å². The van der Waals surface area contributed by atoms with Crippen molar-refractivity contribution in [2.24, 2.45) is 5.10 Å². The number of benzene rings is 2. The Kier molecular flexibility index (Phi) is 8.95. The molecule has 2 aromatic carbocycles. The molecule has 0 saturated carbocycles. The number of nitro benzene ring substituents is 1. The summed E-state index contributed by atoms with van der Waals surface area (Å²) >= 11 is 0. The molecule has 0 unspecified atom stereocenters. The first kappa shape index (κ1) is 24.3. The van der Waals surface area contributed by atoms with Crippen molar-refractivity contribution in [1.29, 1.82) is 0 Å². The molecule has 0 aliphatic carbocycles. The summed E-state index contributed by atoms with van der Waals surface area (Å²) in [5, 5.41) is 15.5. The van der Waals surface area contributed by atoms with Gasteiger partial charge in [-0.2, -0.15) is 9.41 Å². The highest BCUT2D eigenvalue weighted by atomic mass is 32.2. The second-order valence-electron chi connectivity index (χ2n) is 6.67. The first-order valence-electron chi connectivity index (χ1n) is 10.1. The number of unbranched alkanes of at least 4 members (excludes halogenated alkanes) is 1. The lowest BCUT2D eigenvalue weighted by Crippen LogP contribution is -2.30. The third kappa shape index (κ3) is 6.50. The maximum Gasteiger partial charge on any atom is 0.295 e. The number of ether oxygens (including phenoxy) is 1. The molecule has 1 N–H and O–H groups in total. The Labute approximate surface area is 182 Å². The van der Waals surface area contributed by atoms with E-state index < -0.39 is 14.9 Å². The largest absolute Gasteiger partial charge is 0.494 e. The Balaban J connectivity index is 2.15. The topological polar surface area (TPSA) is 114 Å². The van der Waals surface area contributed by atoms with Gasteiger partial charge in [0.2, 0.25) is 10.0 Å². The summed E-state index contributed by atoms with van der Waals surface area (Å²) < 4.78 is 32.1. The van der Waals surface area contributed by atoms with E-state index in [4.69, 9.17) is 4.74 Å². The fourth-order valence-corrected chi connectivity index (χ4v) is 4.27. The molecular weight excluding hydrogens is 420 g/mol. The number of anilines is 1. The second kappa shape index (κ2) is 11.4. The molecule has 2 aromatic rings. The van der Waals surface area contributed by atoms with Crippen LogP contribution in [0.4, 0.5) is 11.4 Å². The van der Waals surface area contributed by atoms with E-state index in [0.29, 0.717) is 6.61 Å². The van der Waals surface area contributed by atoms with Crippen LogP contribution < -0.4 is 10.2 Å². The normalized spacial score (nSPS) is 11.7. The summed E-state index contributed by atoms with van der Waals surface area (Å²) in [6, 6.07) is 11.0. The van der Waals surface area contributed by atoms with Gasteiger partial charge in [0.15, 0.2) is 0 Å². The average Bonchev–Trinajstić information content (AvgIpc) is 2.75. The third-order valence-corrected chi connectivity index (χ3v) is 6.60. The van der Waals surface area contributed by atoms with Gasteiger partial charge in [0.05, 0.1) is 22.6 Å². The summed E-state index contributed by atoms with van der Waals surface area (Å²) in [5.74, 6) is 0.763. The van der Waals surface area contributed by atoms with Gasteiger partial charge in [-0.1, -0.05) is 27.2 Å². The molecular formula is C21H28N4O5S. The molecule has 2 rings (SSSR count). The number of hydrazone groups is 1. The molecule has 0 aliphatic rings. The van der Waals surface area contributed by atoms with E-state index in [1.165, 1.54) is 22.7 Å². The minimum Gasteiger partial charge on any atom is -0.494 e. The molecule has 168 valence electrons. The van der Waals surface area contributed by atoms with E-state index in [0.717, 1.165) is 30.2 Å². The lowest BCUT2D eigenvalue weighted by atomic mass is 10.2. The summed E-state index contributed by atoms with van der Waals surface area (Å²) in [6.45, 7) is 6.74. The predicted molar refractivity (Wildman–Crippen MR) is 121 cm³/mol. The monoisotopic (exact) mass is 448 g/mol. The van der Waals surface area contributed by atoms with Gasteiger partial charge < -0.3 is 4.74 Å². The molecule has 31 heavy (non-hydrogen) atoms. The fraction of sp³-hybridized carbons (Fsp3) is 0.381. The molecule has 0 spiro atoms. The summed E-state index contributed by atoms with van der Waals surface area (Å²) in [7, 11) is -3.80. The van der Waals surface area contributed by atoms with Gasteiger partial charge in [-0.3, -0.25) is 15.5 Å². The Morgan fingerprint density at radius 2 is 1.81 bits per heavy atom. The van der Waals surface area contributed by atoms with Crippen molar-refractivity contribution >= 4 is 27.6 Å². The minimum absolute atomic E-state index is 0.0965. The van der Waals surface area contributed by atoms with Gasteiger partial charge in [-0.05, 0) is 48.4 Å². The van der Waals surface area contributed by atoms with E-state index in [2.05, 4.69) is 17.5 Å². The van der Waals surface area contributed by atoms with Crippen molar-refractivity contribution < 1.29 is 18.1 Å². The molecule has 0 aromatic heterocycles. The zero-order chi connectivity index (χ0) is 22.9. The molecule has 0 heterocycles. The van der Waals surface area contributed by atoms with E-state index >= 15 is 0 Å². The predicted octanol–water partition coefficient (Wildman–Crippen LogP) is 4.25. The molecule has 0 fully saturated rings. The first-order valence-corrected chi connectivity index (χ1v) is 11.6. The zero-order valence-corrected chi connectivity index (χ0v) is 18.8. The van der Waals surface area contributed by atoms with E-state index in [-0.39, 0.29) is 29.4 Å². The lowest BCUT2D eigenvalue weighted by molar-refractivity contribution is -0.384. The van der Waals surface area contributed by atoms with Gasteiger partial charge in [0.25, 0.3) is 5.69 Å². The Bertz CT molecular complexity index is 1000. The van der Waals surface area contributed by atoms with Crippen LogP contribution in [0.5, 0.6) is 5.75 Å². The second-order valence-corrected chi connectivity index (χ2v) is 8.60. The molecule has 10 heteroatoms. The summed E-state index contributed by atoms with van der Waals surface area (Å²) in [5.41, 5.74) is 3.13. The third-order valence-electron chi connectivity index (χ3n) is 4.55. The van der Waals surface area contributed by atoms with Crippen LogP contribution >= 0.6 is 0 Å². The Hall–Kier alpha value is -2.98. The SMILES string of the molecule is CCCCOc1ccc(C=NNc2ccc(S(=O)(=O)N(CC)CC)cc2[N+](=O)[O-])cc1. The molecule has 9 nitrogen and oxygen atoms in total. The number of nitro groups is 1. The van der Waals surface area contributed by atoms with E-state index in [1.54, 1.807) is 13.8 Å². The van der Waals surface area contributed by atoms with Crippen LogP contribution in [0.15, 0.2) is 52.5 Å². The summed E-state index contributed by atoms with van der Waals surface area (Å²) in [6.07, 6.45) is 3.56. The maximum absolute atomic E-state index is 12.6. The Morgan fingerprint density at radius 3 is 2.39 bits per heavy atom. The molecule has 0 saturated heterocycles. The van der Waals surface area contributed by atoms with Crippen molar-refractivity contribution in [2.45, 2.75) is 38.5 Å². The molecule has 0 aliphatic heterocycles. The average molecular weight is 449 g/mol. The minimum atomic E-state index is -3.80. The van der Waals surface area contributed by atoms with Gasteiger partial charge >= 0.3 is 0 Å². The van der Waals surface area contributed by atoms with Gasteiger partial charge in [-0.25, -0.2) is 8.42 Å². The van der Waals surface area contributed by atoms with Crippen LogP contribution in [-0.4, -0.2) is 43.6 Å². The van der Waals surface area contributed by atoms with E-state index in [1.807, 2.05) is 24.3 Å². The first-order chi connectivity index (χ1) is 14.8. The zero-order valence-electron chi connectivity index (χ0n) is 17.9. The van der Waals surface area contributed by atoms with Crippen LogP contribution in [0.3, 0.4) is 0 Å². The smallest absolute Gasteiger partial charge is 0.295 e. The lowest BCUT2D eigenvalue weighted by Gasteiger charge is -2.18. The molecule has 0 atom stereocenters. The van der Waals surface area contributed by atoms with Crippen molar-refractivity contribution in [3.8, 4) is 5.75 Å². The number of hydrogen-bond donors (Lipinski definition) is 1. The number of rotatable bonds is 12. The van der Waals surface area contributed by atoms with Crippen LogP contribution in [0.2, 0.25) is 0 Å². The van der Waals surface area contributed by atoms with Crippen LogP contribution in [0.1, 0.15) is 39.2 Å². The van der Waals surface area contributed by atoms with Crippen molar-refractivity contribution in [2.75, 3.05) is 25.1 Å². The van der Waals surface area contributed by atoms with E-state index in [9.17, 15) is 18.5 Å². The standard InChI is InChI=1S/C21H28N4O5S/c1-4-7-14-30-18-10-8-17(9-11-18)16-22-23-20-13-12-19(15-21(20)25(26)27)31(28,29)24(5-2)6-3/h8-13,15-16,23H,4-7,14H2,1-3H3.